The van der Waals surface area contributed by atoms with E-state index < -0.39 is 12.4 Å². The van der Waals surface area contributed by atoms with Gasteiger partial charge in [-0.05, 0) is 38.2 Å². The third-order valence-corrected chi connectivity index (χ3v) is 2.55. The van der Waals surface area contributed by atoms with Gasteiger partial charge in [-0.1, -0.05) is 36.3 Å². The number of hydrogen-bond acceptors (Lipinski definition) is 3. The molecule has 0 aliphatic rings. The first-order valence-corrected chi connectivity index (χ1v) is 6.72. The van der Waals surface area contributed by atoms with Gasteiger partial charge in [-0.2, -0.15) is 0 Å². The molecular formula is C16H22O3. The van der Waals surface area contributed by atoms with E-state index in [4.69, 9.17) is 9.47 Å². The van der Waals surface area contributed by atoms with Crippen molar-refractivity contribution in [2.75, 3.05) is 13.2 Å². The molecule has 1 N–H and O–H groups in total. The Kier molecular flexibility index (Phi) is 7.92. The van der Waals surface area contributed by atoms with Gasteiger partial charge >= 0.3 is 0 Å². The van der Waals surface area contributed by atoms with E-state index in [1.54, 1.807) is 0 Å². The van der Waals surface area contributed by atoms with Crippen LogP contribution in [0.5, 0.6) is 0 Å². The highest BCUT2D eigenvalue weighted by Gasteiger charge is 2.04. The number of aliphatic hydroxyl groups is 1. The van der Waals surface area contributed by atoms with Gasteiger partial charge in [0, 0.05) is 13.2 Å². The van der Waals surface area contributed by atoms with Crippen LogP contribution in [0.3, 0.4) is 0 Å². The zero-order valence-electron chi connectivity index (χ0n) is 11.6. The maximum atomic E-state index is 9.81. The fourth-order valence-electron chi connectivity index (χ4n) is 1.62. The van der Waals surface area contributed by atoms with Crippen LogP contribution >= 0.6 is 0 Å². The topological polar surface area (TPSA) is 38.7 Å². The van der Waals surface area contributed by atoms with Crippen LogP contribution in [0.4, 0.5) is 0 Å². The zero-order chi connectivity index (χ0) is 13.9. The molecular weight excluding hydrogens is 240 g/mol. The lowest BCUT2D eigenvalue weighted by Gasteiger charge is -2.10. The van der Waals surface area contributed by atoms with E-state index in [2.05, 4.69) is 11.8 Å². The molecule has 1 aromatic carbocycles. The molecule has 1 atom stereocenters. The van der Waals surface area contributed by atoms with Crippen molar-refractivity contribution >= 4 is 0 Å². The highest BCUT2D eigenvalue weighted by Crippen LogP contribution is 2.04. The molecule has 19 heavy (non-hydrogen) atoms. The Bertz CT molecular complexity index is 385. The average Bonchev–Trinajstić information content (AvgIpc) is 2.44. The van der Waals surface area contributed by atoms with Crippen LogP contribution in [-0.2, 0) is 15.9 Å². The number of ether oxygens (including phenoxy) is 2. The standard InChI is InChI=1S/C16H22O3/c1-3-18-16(19-4-2)13-12-15(17)11-10-14-8-6-5-7-9-14/h5-9,15-17H,3-4,10-11H2,1-2H3. The lowest BCUT2D eigenvalue weighted by molar-refractivity contribution is -0.0971. The van der Waals surface area contributed by atoms with Crippen molar-refractivity contribution in [3.05, 3.63) is 35.9 Å². The molecule has 104 valence electrons. The van der Waals surface area contributed by atoms with Crippen LogP contribution in [0, 0.1) is 11.8 Å². The van der Waals surface area contributed by atoms with E-state index in [0.717, 1.165) is 6.42 Å². The highest BCUT2D eigenvalue weighted by atomic mass is 16.7. The Labute approximate surface area is 115 Å². The minimum atomic E-state index is -0.649. The Morgan fingerprint density at radius 1 is 1.05 bits per heavy atom. The van der Waals surface area contributed by atoms with Crippen molar-refractivity contribution in [1.29, 1.82) is 0 Å². The van der Waals surface area contributed by atoms with E-state index in [0.29, 0.717) is 19.6 Å². The van der Waals surface area contributed by atoms with Gasteiger partial charge in [-0.15, -0.1) is 0 Å². The van der Waals surface area contributed by atoms with Crippen molar-refractivity contribution in [3.8, 4) is 11.8 Å². The van der Waals surface area contributed by atoms with Crippen LogP contribution in [0.25, 0.3) is 0 Å². The summed E-state index contributed by atoms with van der Waals surface area (Å²) in [7, 11) is 0. The van der Waals surface area contributed by atoms with Gasteiger partial charge in [-0.25, -0.2) is 0 Å². The van der Waals surface area contributed by atoms with Gasteiger partial charge in [0.05, 0.1) is 0 Å². The molecule has 0 aromatic heterocycles. The second-order valence-electron chi connectivity index (χ2n) is 4.07. The first-order valence-electron chi connectivity index (χ1n) is 6.72. The van der Waals surface area contributed by atoms with Crippen molar-refractivity contribution in [3.63, 3.8) is 0 Å². The first-order chi connectivity index (χ1) is 9.26. The Hall–Kier alpha value is -1.34. The number of aliphatic hydroxyl groups excluding tert-OH is 1. The summed E-state index contributed by atoms with van der Waals surface area (Å²) in [6.45, 7) is 4.86. The van der Waals surface area contributed by atoms with Gasteiger partial charge in [0.2, 0.25) is 6.29 Å². The first kappa shape index (κ1) is 15.7. The molecule has 1 aromatic rings. The van der Waals surface area contributed by atoms with Crippen molar-refractivity contribution in [2.24, 2.45) is 0 Å². The molecule has 0 saturated heterocycles. The maximum absolute atomic E-state index is 9.81. The molecule has 3 heteroatoms. The molecule has 0 spiro atoms. The number of aryl methyl sites for hydroxylation is 1. The molecule has 1 unspecified atom stereocenters. The Balaban J connectivity index is 2.39. The molecule has 3 nitrogen and oxygen atoms in total. The van der Waals surface area contributed by atoms with E-state index in [1.165, 1.54) is 5.56 Å². The molecule has 0 amide bonds. The summed E-state index contributed by atoms with van der Waals surface area (Å²) in [5.74, 6) is 5.59. The lowest BCUT2D eigenvalue weighted by atomic mass is 10.1. The molecule has 0 radical (unpaired) electrons. The fraction of sp³-hybridized carbons (Fsp3) is 0.500. The van der Waals surface area contributed by atoms with Gasteiger partial charge in [-0.3, -0.25) is 0 Å². The summed E-state index contributed by atoms with van der Waals surface area (Å²) in [6.07, 6.45) is 0.233. The summed E-state index contributed by atoms with van der Waals surface area (Å²) in [4.78, 5) is 0. The predicted molar refractivity (Wildman–Crippen MR) is 75.6 cm³/mol. The van der Waals surface area contributed by atoms with Crippen LogP contribution in [0.15, 0.2) is 30.3 Å². The van der Waals surface area contributed by atoms with Crippen molar-refractivity contribution in [1.82, 2.24) is 0 Å². The number of rotatable bonds is 7. The third kappa shape index (κ3) is 6.97. The summed E-state index contributed by atoms with van der Waals surface area (Å²) in [6, 6.07) is 10.1. The number of hydrogen-bond donors (Lipinski definition) is 1. The second-order valence-corrected chi connectivity index (χ2v) is 4.07. The molecule has 0 aliphatic heterocycles. The Morgan fingerprint density at radius 2 is 1.68 bits per heavy atom. The monoisotopic (exact) mass is 262 g/mol. The summed E-state index contributed by atoms with van der Waals surface area (Å²) < 4.78 is 10.6. The summed E-state index contributed by atoms with van der Waals surface area (Å²) in [5.41, 5.74) is 1.20. The molecule has 1 rings (SSSR count). The largest absolute Gasteiger partial charge is 0.380 e. The van der Waals surface area contributed by atoms with Crippen molar-refractivity contribution < 1.29 is 14.6 Å². The average molecular weight is 262 g/mol. The van der Waals surface area contributed by atoms with Gasteiger partial charge in [0.1, 0.15) is 6.10 Å². The van der Waals surface area contributed by atoms with E-state index in [9.17, 15) is 5.11 Å². The van der Waals surface area contributed by atoms with Gasteiger partial charge in [0.25, 0.3) is 0 Å². The second kappa shape index (κ2) is 9.57. The molecule has 0 aliphatic carbocycles. The molecule has 0 heterocycles. The molecule has 0 fully saturated rings. The smallest absolute Gasteiger partial charge is 0.222 e. The predicted octanol–water partition coefficient (Wildman–Crippen LogP) is 2.38. The third-order valence-electron chi connectivity index (χ3n) is 2.55. The minimum absolute atomic E-state index is 0.540. The number of benzene rings is 1. The van der Waals surface area contributed by atoms with Gasteiger partial charge < -0.3 is 14.6 Å². The fourth-order valence-corrected chi connectivity index (χ4v) is 1.62. The van der Waals surface area contributed by atoms with E-state index >= 15 is 0 Å². The van der Waals surface area contributed by atoms with Crippen LogP contribution in [0.1, 0.15) is 25.8 Å². The quantitative estimate of drug-likeness (QED) is 0.605. The maximum Gasteiger partial charge on any atom is 0.222 e. The molecule has 0 bridgehead atoms. The van der Waals surface area contributed by atoms with Gasteiger partial charge in [0.15, 0.2) is 0 Å². The lowest BCUT2D eigenvalue weighted by Crippen LogP contribution is -2.16. The van der Waals surface area contributed by atoms with E-state index in [-0.39, 0.29) is 0 Å². The Morgan fingerprint density at radius 3 is 2.26 bits per heavy atom. The normalized spacial score (nSPS) is 12.0. The van der Waals surface area contributed by atoms with Crippen LogP contribution in [0.2, 0.25) is 0 Å². The summed E-state index contributed by atoms with van der Waals surface area (Å²) >= 11 is 0. The molecule has 0 saturated carbocycles. The highest BCUT2D eigenvalue weighted by molar-refractivity contribution is 5.16. The van der Waals surface area contributed by atoms with E-state index in [1.807, 2.05) is 44.2 Å². The summed E-state index contributed by atoms with van der Waals surface area (Å²) in [5, 5.41) is 9.81. The van der Waals surface area contributed by atoms with Crippen LogP contribution < -0.4 is 0 Å². The van der Waals surface area contributed by atoms with Crippen LogP contribution in [-0.4, -0.2) is 30.7 Å². The SMILES string of the molecule is CCOC(C#CC(O)CCc1ccccc1)OCC. The minimum Gasteiger partial charge on any atom is -0.380 e. The van der Waals surface area contributed by atoms with Crippen molar-refractivity contribution in [2.45, 2.75) is 39.1 Å². The zero-order valence-corrected chi connectivity index (χ0v) is 11.6.